The summed E-state index contributed by atoms with van der Waals surface area (Å²) in [6, 6.07) is 24.2. The lowest BCUT2D eigenvalue weighted by Gasteiger charge is -2.11. The molecular weight excluding hydrogens is 428 g/mol. The minimum atomic E-state index is 0.942. The molecule has 0 saturated heterocycles. The number of benzene rings is 3. The Morgan fingerprint density at radius 3 is 2.60 bits per heavy atom. The summed E-state index contributed by atoms with van der Waals surface area (Å²) < 4.78 is 2.32. The van der Waals surface area contributed by atoms with E-state index in [1.807, 2.05) is 30.7 Å². The predicted molar refractivity (Wildman–Crippen MR) is 140 cm³/mol. The van der Waals surface area contributed by atoms with Gasteiger partial charge in [-0.3, -0.25) is 14.4 Å². The minimum Gasteiger partial charge on any atom is -0.289 e. The first-order chi connectivity index (χ1) is 17.4. The fraction of sp³-hybridized carbons (Fsp3) is 0.0645. The van der Waals surface area contributed by atoms with E-state index in [0.29, 0.717) is 0 Å². The number of fused-ring (bicyclic) bond motifs is 16. The van der Waals surface area contributed by atoms with E-state index in [9.17, 15) is 0 Å². The zero-order valence-corrected chi connectivity index (χ0v) is 18.8. The summed E-state index contributed by atoms with van der Waals surface area (Å²) >= 11 is 0. The van der Waals surface area contributed by atoms with Crippen molar-refractivity contribution in [3.63, 3.8) is 0 Å². The second-order valence-electron chi connectivity index (χ2n) is 9.67. The zero-order valence-electron chi connectivity index (χ0n) is 18.8. The van der Waals surface area contributed by atoms with Gasteiger partial charge in [-0.05, 0) is 76.1 Å². The maximum Gasteiger partial charge on any atom is 0.148 e. The van der Waals surface area contributed by atoms with Gasteiger partial charge in [0.15, 0.2) is 0 Å². The number of imidazole rings is 1. The van der Waals surface area contributed by atoms with Crippen LogP contribution >= 0.6 is 0 Å². The summed E-state index contributed by atoms with van der Waals surface area (Å²) in [5, 5.41) is 2.12. The normalized spacial score (nSPS) is 13.5. The van der Waals surface area contributed by atoms with E-state index in [1.54, 1.807) is 0 Å². The average molecular weight is 447 g/mol. The van der Waals surface area contributed by atoms with E-state index in [-0.39, 0.29) is 0 Å². The molecule has 0 unspecified atom stereocenters. The molecule has 7 aromatic rings. The molecule has 0 bridgehead atoms. The van der Waals surface area contributed by atoms with Crippen molar-refractivity contribution in [3.05, 3.63) is 108 Å². The van der Waals surface area contributed by atoms with Gasteiger partial charge in [-0.15, -0.1) is 0 Å². The fourth-order valence-electron chi connectivity index (χ4n) is 6.55. The summed E-state index contributed by atoms with van der Waals surface area (Å²) in [7, 11) is 0. The number of pyridine rings is 3. The summed E-state index contributed by atoms with van der Waals surface area (Å²) in [5.74, 6) is 0. The minimum absolute atomic E-state index is 0.942. The van der Waals surface area contributed by atoms with Gasteiger partial charge in [0, 0.05) is 34.9 Å². The molecule has 0 N–H and O–H groups in total. The van der Waals surface area contributed by atoms with Crippen LogP contribution in [0.3, 0.4) is 0 Å². The first-order valence-corrected chi connectivity index (χ1v) is 12.0. The number of hydrogen-bond donors (Lipinski definition) is 0. The third kappa shape index (κ3) is 2.11. The highest BCUT2D eigenvalue weighted by molar-refractivity contribution is 6.14. The standard InChI is InChI=1S/C31H18N4/c1-2-5-20-17(4-1)14-18-7-9-21-23(27(18)20)15-19-8-10-25-30(28(19)21)35-26-6-3-12-33-29(26)22-11-13-32-16-24(22)31(35)34-25/h1-13,16H,14-15H2. The van der Waals surface area contributed by atoms with E-state index in [2.05, 4.69) is 64.0 Å². The van der Waals surface area contributed by atoms with Crippen LogP contribution in [0.2, 0.25) is 0 Å². The van der Waals surface area contributed by atoms with E-state index < -0.39 is 0 Å². The molecule has 9 rings (SSSR count). The van der Waals surface area contributed by atoms with E-state index >= 15 is 0 Å². The molecule has 4 heterocycles. The molecule has 35 heavy (non-hydrogen) atoms. The molecule has 0 aliphatic heterocycles. The van der Waals surface area contributed by atoms with Crippen molar-refractivity contribution in [2.75, 3.05) is 0 Å². The van der Waals surface area contributed by atoms with Crippen LogP contribution in [0.25, 0.3) is 60.7 Å². The molecule has 4 heteroatoms. The molecule has 4 nitrogen and oxygen atoms in total. The van der Waals surface area contributed by atoms with Crippen LogP contribution in [-0.2, 0) is 12.8 Å². The maximum absolute atomic E-state index is 5.15. The van der Waals surface area contributed by atoms with Crippen molar-refractivity contribution in [1.82, 2.24) is 19.4 Å². The van der Waals surface area contributed by atoms with Gasteiger partial charge in [0.2, 0.25) is 0 Å². The lowest BCUT2D eigenvalue weighted by molar-refractivity contribution is 1.23. The van der Waals surface area contributed by atoms with Gasteiger partial charge in [-0.25, -0.2) is 4.98 Å². The summed E-state index contributed by atoms with van der Waals surface area (Å²) in [6.07, 6.45) is 7.60. The van der Waals surface area contributed by atoms with Crippen molar-refractivity contribution in [2.45, 2.75) is 12.8 Å². The van der Waals surface area contributed by atoms with Gasteiger partial charge in [0.05, 0.1) is 22.1 Å². The van der Waals surface area contributed by atoms with Gasteiger partial charge < -0.3 is 0 Å². The van der Waals surface area contributed by atoms with Crippen molar-refractivity contribution >= 4 is 38.5 Å². The maximum atomic E-state index is 5.15. The van der Waals surface area contributed by atoms with Gasteiger partial charge in [-0.1, -0.05) is 42.5 Å². The average Bonchev–Trinajstić information content (AvgIpc) is 3.59. The molecule has 0 amide bonds. The number of hydrogen-bond acceptors (Lipinski definition) is 3. The Kier molecular flexibility index (Phi) is 3.11. The second-order valence-corrected chi connectivity index (χ2v) is 9.67. The van der Waals surface area contributed by atoms with Crippen LogP contribution < -0.4 is 0 Å². The largest absolute Gasteiger partial charge is 0.289 e. The van der Waals surface area contributed by atoms with Crippen LogP contribution in [0.1, 0.15) is 22.3 Å². The Bertz CT molecular complexity index is 2070. The van der Waals surface area contributed by atoms with Crippen LogP contribution in [0.4, 0.5) is 0 Å². The Morgan fingerprint density at radius 1 is 0.686 bits per heavy atom. The number of rotatable bonds is 0. The number of nitrogens with zero attached hydrogens (tertiary/aromatic N) is 4. The van der Waals surface area contributed by atoms with Crippen LogP contribution in [0.5, 0.6) is 0 Å². The molecule has 4 aromatic heterocycles. The molecule has 0 saturated carbocycles. The Morgan fingerprint density at radius 2 is 1.60 bits per heavy atom. The van der Waals surface area contributed by atoms with Crippen molar-refractivity contribution < 1.29 is 0 Å². The van der Waals surface area contributed by atoms with E-state index in [4.69, 9.17) is 9.97 Å². The van der Waals surface area contributed by atoms with Crippen molar-refractivity contribution in [1.29, 1.82) is 0 Å². The third-order valence-corrected chi connectivity index (χ3v) is 7.95. The molecule has 0 spiro atoms. The number of aromatic nitrogens is 4. The Balaban J connectivity index is 1.47. The van der Waals surface area contributed by atoms with Gasteiger partial charge >= 0.3 is 0 Å². The van der Waals surface area contributed by atoms with E-state index in [1.165, 1.54) is 50.0 Å². The molecule has 3 aromatic carbocycles. The van der Waals surface area contributed by atoms with Crippen LogP contribution in [0.15, 0.2) is 85.3 Å². The van der Waals surface area contributed by atoms with Crippen molar-refractivity contribution in [2.24, 2.45) is 0 Å². The van der Waals surface area contributed by atoms with Crippen LogP contribution in [-0.4, -0.2) is 19.4 Å². The summed E-state index contributed by atoms with van der Waals surface area (Å²) in [6.45, 7) is 0. The first kappa shape index (κ1) is 17.8. The summed E-state index contributed by atoms with van der Waals surface area (Å²) in [5.41, 5.74) is 16.4. The molecule has 2 aliphatic carbocycles. The lowest BCUT2D eigenvalue weighted by Crippen LogP contribution is -1.94. The zero-order chi connectivity index (χ0) is 22.7. The van der Waals surface area contributed by atoms with Gasteiger partial charge in [-0.2, -0.15) is 0 Å². The smallest absolute Gasteiger partial charge is 0.148 e. The highest BCUT2D eigenvalue weighted by Crippen LogP contribution is 2.49. The summed E-state index contributed by atoms with van der Waals surface area (Å²) in [4.78, 5) is 14.4. The molecule has 0 atom stereocenters. The van der Waals surface area contributed by atoms with Gasteiger partial charge in [0.25, 0.3) is 0 Å². The highest BCUT2D eigenvalue weighted by Gasteiger charge is 2.30. The molecule has 0 radical (unpaired) electrons. The molecule has 162 valence electrons. The van der Waals surface area contributed by atoms with Gasteiger partial charge in [0.1, 0.15) is 5.65 Å². The fourth-order valence-corrected chi connectivity index (χ4v) is 6.55. The quantitative estimate of drug-likeness (QED) is 0.243. The predicted octanol–water partition coefficient (Wildman–Crippen LogP) is 6.73. The topological polar surface area (TPSA) is 43.1 Å². The molecule has 2 aliphatic rings. The SMILES string of the molecule is c1ccc2c(c1)Cc1ccc3c(c1-2)Cc1ccc2nc4c5cnccc5c5ncccc5n4c2c1-3. The molecular formula is C31H18N4. The molecule has 0 fully saturated rings. The highest BCUT2D eigenvalue weighted by atomic mass is 15.0. The van der Waals surface area contributed by atoms with E-state index in [0.717, 1.165) is 45.8 Å². The Hall–Kier alpha value is -4.57. The monoisotopic (exact) mass is 446 g/mol. The van der Waals surface area contributed by atoms with Crippen molar-refractivity contribution in [3.8, 4) is 22.3 Å². The second kappa shape index (κ2) is 6.10. The third-order valence-electron chi connectivity index (χ3n) is 7.95. The van der Waals surface area contributed by atoms with Crippen LogP contribution in [0, 0.1) is 0 Å². The lowest BCUT2D eigenvalue weighted by atomic mass is 9.95. The first-order valence-electron chi connectivity index (χ1n) is 12.0. The Labute approximate surface area is 200 Å².